The Balaban J connectivity index is 1.64. The molecule has 0 radical (unpaired) electrons. The standard InChI is InChI=1S/C16H17BrF3NO/c17-14-4-3-12(8-13(14)16(18,19)20)21-15(22)7-11-6-9-1-2-10(11)5-9/h3-4,8-11H,1-2,5-7H2,(H,21,22)/t9-,10+,11-/m0/s1. The van der Waals surface area contributed by atoms with Crippen molar-refractivity contribution in [3.8, 4) is 0 Å². The topological polar surface area (TPSA) is 29.1 Å². The van der Waals surface area contributed by atoms with Crippen LogP contribution < -0.4 is 5.32 Å². The van der Waals surface area contributed by atoms with Crippen LogP contribution in [-0.2, 0) is 11.0 Å². The van der Waals surface area contributed by atoms with Crippen molar-refractivity contribution in [2.24, 2.45) is 17.8 Å². The Bertz CT molecular complexity index is 587. The molecule has 1 aromatic rings. The molecule has 3 atom stereocenters. The molecule has 2 aliphatic rings. The van der Waals surface area contributed by atoms with Gasteiger partial charge in [0, 0.05) is 16.6 Å². The van der Waals surface area contributed by atoms with E-state index in [4.69, 9.17) is 0 Å². The van der Waals surface area contributed by atoms with E-state index in [-0.39, 0.29) is 16.1 Å². The van der Waals surface area contributed by atoms with Crippen LogP contribution in [0, 0.1) is 17.8 Å². The minimum Gasteiger partial charge on any atom is -0.326 e. The van der Waals surface area contributed by atoms with Crippen molar-refractivity contribution in [3.05, 3.63) is 28.2 Å². The highest BCUT2D eigenvalue weighted by Crippen LogP contribution is 2.49. The average Bonchev–Trinajstić information content (AvgIpc) is 3.02. The summed E-state index contributed by atoms with van der Waals surface area (Å²) in [5.41, 5.74) is -0.575. The zero-order chi connectivity index (χ0) is 15.9. The van der Waals surface area contributed by atoms with Crippen LogP contribution >= 0.6 is 15.9 Å². The van der Waals surface area contributed by atoms with Gasteiger partial charge in [0.05, 0.1) is 5.56 Å². The predicted octanol–water partition coefficient (Wildman–Crippen LogP) is 5.23. The maximum atomic E-state index is 12.9. The molecule has 0 spiro atoms. The molecule has 2 aliphatic carbocycles. The van der Waals surface area contributed by atoms with Gasteiger partial charge in [-0.2, -0.15) is 13.2 Å². The summed E-state index contributed by atoms with van der Waals surface area (Å²) < 4.78 is 38.5. The average molecular weight is 376 g/mol. The van der Waals surface area contributed by atoms with Crippen molar-refractivity contribution in [1.29, 1.82) is 0 Å². The highest BCUT2D eigenvalue weighted by atomic mass is 79.9. The highest BCUT2D eigenvalue weighted by Gasteiger charge is 2.40. The van der Waals surface area contributed by atoms with Crippen molar-refractivity contribution in [2.45, 2.75) is 38.3 Å². The van der Waals surface area contributed by atoms with Crippen molar-refractivity contribution in [2.75, 3.05) is 5.32 Å². The first-order chi connectivity index (χ1) is 10.3. The van der Waals surface area contributed by atoms with E-state index in [1.54, 1.807) is 0 Å². The van der Waals surface area contributed by atoms with E-state index in [1.165, 1.54) is 31.4 Å². The van der Waals surface area contributed by atoms with E-state index in [9.17, 15) is 18.0 Å². The number of anilines is 1. The number of amides is 1. The van der Waals surface area contributed by atoms with Gasteiger partial charge in [0.1, 0.15) is 0 Å². The number of nitrogens with one attached hydrogen (secondary N) is 1. The van der Waals surface area contributed by atoms with Crippen LogP contribution in [0.3, 0.4) is 0 Å². The largest absolute Gasteiger partial charge is 0.417 e. The minimum atomic E-state index is -4.44. The fraction of sp³-hybridized carbons (Fsp3) is 0.562. The second-order valence-electron chi connectivity index (χ2n) is 6.38. The lowest BCUT2D eigenvalue weighted by molar-refractivity contribution is -0.138. The first-order valence-corrected chi connectivity index (χ1v) is 8.29. The molecule has 1 N–H and O–H groups in total. The summed E-state index contributed by atoms with van der Waals surface area (Å²) >= 11 is 2.89. The number of alkyl halides is 3. The Morgan fingerprint density at radius 1 is 1.27 bits per heavy atom. The SMILES string of the molecule is O=C(C[C@@H]1C[C@H]2CC[C@@H]1C2)Nc1ccc(Br)c(C(F)(F)F)c1. The first-order valence-electron chi connectivity index (χ1n) is 7.49. The number of carbonyl (C=O) groups excluding carboxylic acids is 1. The number of fused-ring (bicyclic) bond motifs is 2. The molecular weight excluding hydrogens is 359 g/mol. The number of benzene rings is 1. The molecule has 120 valence electrons. The highest BCUT2D eigenvalue weighted by molar-refractivity contribution is 9.10. The molecule has 1 amide bonds. The van der Waals surface area contributed by atoms with Gasteiger partial charge in [-0.15, -0.1) is 0 Å². The van der Waals surface area contributed by atoms with E-state index >= 15 is 0 Å². The van der Waals surface area contributed by atoms with Gasteiger partial charge in [-0.05, 0) is 55.2 Å². The van der Waals surface area contributed by atoms with E-state index in [2.05, 4.69) is 21.2 Å². The lowest BCUT2D eigenvalue weighted by atomic mass is 9.86. The van der Waals surface area contributed by atoms with E-state index in [1.807, 2.05) is 0 Å². The quantitative estimate of drug-likeness (QED) is 0.769. The molecule has 2 nitrogen and oxygen atoms in total. The summed E-state index contributed by atoms with van der Waals surface area (Å²) in [5, 5.41) is 2.61. The molecule has 3 rings (SSSR count). The Morgan fingerprint density at radius 3 is 2.64 bits per heavy atom. The van der Waals surface area contributed by atoms with Crippen LogP contribution in [0.15, 0.2) is 22.7 Å². The zero-order valence-electron chi connectivity index (χ0n) is 11.9. The fourth-order valence-corrected chi connectivity index (χ4v) is 4.37. The number of rotatable bonds is 3. The Kier molecular flexibility index (Phi) is 4.23. The number of hydrogen-bond acceptors (Lipinski definition) is 1. The lowest BCUT2D eigenvalue weighted by Crippen LogP contribution is -2.20. The fourth-order valence-electron chi connectivity index (χ4n) is 3.90. The van der Waals surface area contributed by atoms with E-state index in [0.717, 1.165) is 18.4 Å². The maximum absolute atomic E-state index is 12.9. The summed E-state index contributed by atoms with van der Waals surface area (Å²) in [7, 11) is 0. The number of halogens is 4. The number of hydrogen-bond donors (Lipinski definition) is 1. The van der Waals surface area contributed by atoms with Gasteiger partial charge < -0.3 is 5.32 Å². The second-order valence-corrected chi connectivity index (χ2v) is 7.23. The molecule has 2 fully saturated rings. The minimum absolute atomic E-state index is 0.0221. The third-order valence-electron chi connectivity index (χ3n) is 4.89. The summed E-state index contributed by atoms with van der Waals surface area (Å²) in [4.78, 5) is 12.1. The molecule has 6 heteroatoms. The zero-order valence-corrected chi connectivity index (χ0v) is 13.5. The Hall–Kier alpha value is -1.04. The van der Waals surface area contributed by atoms with Gasteiger partial charge >= 0.3 is 6.18 Å². The summed E-state index contributed by atoms with van der Waals surface area (Å²) in [6.45, 7) is 0. The van der Waals surface area contributed by atoms with Crippen molar-refractivity contribution >= 4 is 27.5 Å². The first kappa shape index (κ1) is 15.8. The molecule has 0 aliphatic heterocycles. The normalized spacial score (nSPS) is 27.2. The Morgan fingerprint density at radius 2 is 2.05 bits per heavy atom. The molecule has 0 heterocycles. The van der Waals surface area contributed by atoms with Crippen molar-refractivity contribution < 1.29 is 18.0 Å². The van der Waals surface area contributed by atoms with Crippen LogP contribution in [0.1, 0.15) is 37.7 Å². The second kappa shape index (κ2) is 5.87. The van der Waals surface area contributed by atoms with Crippen LogP contribution in [0.5, 0.6) is 0 Å². The molecule has 0 aromatic heterocycles. The van der Waals surface area contributed by atoms with Crippen molar-refractivity contribution in [1.82, 2.24) is 0 Å². The predicted molar refractivity (Wildman–Crippen MR) is 81.3 cm³/mol. The van der Waals surface area contributed by atoms with E-state index < -0.39 is 11.7 Å². The summed E-state index contributed by atoms with van der Waals surface area (Å²) in [5.74, 6) is 1.60. The van der Waals surface area contributed by atoms with E-state index in [0.29, 0.717) is 18.3 Å². The van der Waals surface area contributed by atoms with Gasteiger partial charge in [0.25, 0.3) is 0 Å². The maximum Gasteiger partial charge on any atom is 0.417 e. The van der Waals surface area contributed by atoms with Gasteiger partial charge in [-0.25, -0.2) is 0 Å². The van der Waals surface area contributed by atoms with Gasteiger partial charge in [-0.1, -0.05) is 22.4 Å². The third kappa shape index (κ3) is 3.31. The smallest absolute Gasteiger partial charge is 0.326 e. The van der Waals surface area contributed by atoms with Crippen molar-refractivity contribution in [3.63, 3.8) is 0 Å². The molecule has 1 aromatic carbocycles. The summed E-state index contributed by atoms with van der Waals surface area (Å²) in [6, 6.07) is 3.77. The molecule has 2 bridgehead atoms. The third-order valence-corrected chi connectivity index (χ3v) is 5.58. The Labute approximate surface area is 135 Å². The van der Waals surface area contributed by atoms with Gasteiger partial charge in [-0.3, -0.25) is 4.79 Å². The van der Waals surface area contributed by atoms with Crippen LogP contribution in [0.25, 0.3) is 0 Å². The molecule has 0 saturated heterocycles. The van der Waals surface area contributed by atoms with Crippen LogP contribution in [0.2, 0.25) is 0 Å². The van der Waals surface area contributed by atoms with Crippen LogP contribution in [0.4, 0.5) is 18.9 Å². The molecular formula is C16H17BrF3NO. The molecule has 22 heavy (non-hydrogen) atoms. The molecule has 0 unspecified atom stereocenters. The van der Waals surface area contributed by atoms with Gasteiger partial charge in [0.15, 0.2) is 0 Å². The van der Waals surface area contributed by atoms with Crippen LogP contribution in [-0.4, -0.2) is 5.91 Å². The summed E-state index contributed by atoms with van der Waals surface area (Å²) in [6.07, 6.45) is 0.743. The lowest BCUT2D eigenvalue weighted by Gasteiger charge is -2.21. The molecule has 2 saturated carbocycles. The number of carbonyl (C=O) groups is 1. The monoisotopic (exact) mass is 375 g/mol. The van der Waals surface area contributed by atoms with Gasteiger partial charge in [0.2, 0.25) is 5.91 Å².